The average Bonchev–Trinajstić information content (AvgIpc) is 2.82. The molecule has 0 aromatic heterocycles. The highest BCUT2D eigenvalue weighted by molar-refractivity contribution is 7.85. The number of benzene rings is 1. The molecule has 2 atom stereocenters. The standard InChI is InChI=1S/C12H11F3N2O4S/c13-12(14,15)7-1-2-9(10(5-7)17(19)20)11(18)16-8-3-4-22(21)6-8/h1-2,5,8H,3-4,6H2,(H,16,18)/t8-,22-/m0/s1. The number of nitro benzene ring substituents is 1. The maximum Gasteiger partial charge on any atom is 0.416 e. The molecule has 1 aromatic carbocycles. The van der Waals surface area contributed by atoms with Gasteiger partial charge in [-0.1, -0.05) is 0 Å². The van der Waals surface area contributed by atoms with E-state index in [1.807, 2.05) is 0 Å². The first-order chi connectivity index (χ1) is 10.2. The summed E-state index contributed by atoms with van der Waals surface area (Å²) in [5.41, 5.74) is -2.56. The molecular weight excluding hydrogens is 325 g/mol. The van der Waals surface area contributed by atoms with E-state index in [-0.39, 0.29) is 5.75 Å². The minimum Gasteiger partial charge on any atom is -0.348 e. The van der Waals surface area contributed by atoms with Crippen LogP contribution in [0.2, 0.25) is 0 Å². The van der Waals surface area contributed by atoms with Crippen LogP contribution in [0.4, 0.5) is 18.9 Å². The number of carbonyl (C=O) groups excluding carboxylic acids is 1. The Morgan fingerprint density at radius 1 is 1.41 bits per heavy atom. The van der Waals surface area contributed by atoms with Crippen LogP contribution in [0.1, 0.15) is 22.3 Å². The third-order valence-corrected chi connectivity index (χ3v) is 4.65. The van der Waals surface area contributed by atoms with Crippen molar-refractivity contribution in [3.8, 4) is 0 Å². The molecule has 0 spiro atoms. The first kappa shape index (κ1) is 16.4. The maximum absolute atomic E-state index is 12.6. The molecule has 1 heterocycles. The van der Waals surface area contributed by atoms with Gasteiger partial charge in [0.25, 0.3) is 11.6 Å². The molecule has 1 N–H and O–H groups in total. The highest BCUT2D eigenvalue weighted by Crippen LogP contribution is 2.33. The van der Waals surface area contributed by atoms with E-state index in [1.54, 1.807) is 0 Å². The summed E-state index contributed by atoms with van der Waals surface area (Å²) in [5, 5.41) is 13.4. The summed E-state index contributed by atoms with van der Waals surface area (Å²) in [6, 6.07) is 1.34. The van der Waals surface area contributed by atoms with Gasteiger partial charge < -0.3 is 5.32 Å². The lowest BCUT2D eigenvalue weighted by Gasteiger charge is -2.12. The molecule has 0 saturated carbocycles. The SMILES string of the molecule is O=C(N[C@H]1CC[S@](=O)C1)c1ccc(C(F)(F)F)cc1[N+](=O)[O-]. The Bertz CT molecular complexity index is 648. The van der Waals surface area contributed by atoms with Gasteiger partial charge in [-0.3, -0.25) is 19.1 Å². The second kappa shape index (κ2) is 6.03. The maximum atomic E-state index is 12.6. The van der Waals surface area contributed by atoms with Gasteiger partial charge in [0.1, 0.15) is 5.56 Å². The van der Waals surface area contributed by atoms with Crippen molar-refractivity contribution in [1.82, 2.24) is 5.32 Å². The predicted octanol–water partition coefficient (Wildman–Crippen LogP) is 1.86. The summed E-state index contributed by atoms with van der Waals surface area (Å²) in [5.74, 6) is -0.190. The number of nitro groups is 1. The number of carbonyl (C=O) groups is 1. The summed E-state index contributed by atoms with van der Waals surface area (Å²) in [4.78, 5) is 21.9. The number of nitrogens with one attached hydrogen (secondary N) is 1. The van der Waals surface area contributed by atoms with Crippen molar-refractivity contribution >= 4 is 22.4 Å². The topological polar surface area (TPSA) is 89.3 Å². The molecule has 22 heavy (non-hydrogen) atoms. The summed E-state index contributed by atoms with van der Waals surface area (Å²) in [7, 11) is -1.05. The van der Waals surface area contributed by atoms with E-state index in [0.29, 0.717) is 24.3 Å². The third kappa shape index (κ3) is 3.62. The summed E-state index contributed by atoms with van der Waals surface area (Å²) < 4.78 is 49.0. The summed E-state index contributed by atoms with van der Waals surface area (Å²) >= 11 is 0. The van der Waals surface area contributed by atoms with Crippen molar-refractivity contribution in [2.24, 2.45) is 0 Å². The highest BCUT2D eigenvalue weighted by atomic mass is 32.2. The summed E-state index contributed by atoms with van der Waals surface area (Å²) in [6.45, 7) is 0. The molecule has 120 valence electrons. The second-order valence-corrected chi connectivity index (χ2v) is 6.38. The number of hydrogen-bond donors (Lipinski definition) is 1. The lowest BCUT2D eigenvalue weighted by atomic mass is 10.1. The van der Waals surface area contributed by atoms with Crippen molar-refractivity contribution in [1.29, 1.82) is 0 Å². The highest BCUT2D eigenvalue weighted by Gasteiger charge is 2.34. The normalized spacial score (nSPS) is 21.6. The molecule has 1 saturated heterocycles. The predicted molar refractivity (Wildman–Crippen MR) is 71.8 cm³/mol. The molecule has 0 radical (unpaired) electrons. The number of amides is 1. The van der Waals surface area contributed by atoms with Gasteiger partial charge in [-0.15, -0.1) is 0 Å². The Labute approximate surface area is 125 Å². The molecule has 10 heteroatoms. The lowest BCUT2D eigenvalue weighted by molar-refractivity contribution is -0.385. The molecule has 0 unspecified atom stereocenters. The number of halogens is 3. The van der Waals surface area contributed by atoms with Crippen LogP contribution in [0.25, 0.3) is 0 Å². The number of alkyl halides is 3. The van der Waals surface area contributed by atoms with Gasteiger partial charge in [-0.2, -0.15) is 13.2 Å². The van der Waals surface area contributed by atoms with Crippen LogP contribution in [0.5, 0.6) is 0 Å². The van der Waals surface area contributed by atoms with E-state index in [1.165, 1.54) is 0 Å². The Morgan fingerprint density at radius 3 is 2.59 bits per heavy atom. The number of nitrogens with zero attached hydrogens (tertiary/aromatic N) is 1. The smallest absolute Gasteiger partial charge is 0.348 e. The molecule has 1 aliphatic heterocycles. The fourth-order valence-corrected chi connectivity index (χ4v) is 3.51. The Kier molecular flexibility index (Phi) is 4.50. The molecule has 0 bridgehead atoms. The molecule has 1 fully saturated rings. The molecule has 1 aliphatic rings. The van der Waals surface area contributed by atoms with Crippen LogP contribution in [0.3, 0.4) is 0 Å². The van der Waals surface area contributed by atoms with Gasteiger partial charge >= 0.3 is 6.18 Å². The first-order valence-electron chi connectivity index (χ1n) is 6.20. The molecule has 2 rings (SSSR count). The van der Waals surface area contributed by atoms with Crippen LogP contribution >= 0.6 is 0 Å². The molecule has 1 amide bonds. The van der Waals surface area contributed by atoms with E-state index in [0.717, 1.165) is 6.07 Å². The lowest BCUT2D eigenvalue weighted by Crippen LogP contribution is -2.35. The zero-order valence-electron chi connectivity index (χ0n) is 11.1. The van der Waals surface area contributed by atoms with Crippen molar-refractivity contribution in [2.75, 3.05) is 11.5 Å². The van der Waals surface area contributed by atoms with E-state index in [2.05, 4.69) is 5.32 Å². The average molecular weight is 336 g/mol. The minimum atomic E-state index is -4.73. The Morgan fingerprint density at radius 2 is 2.09 bits per heavy atom. The summed E-state index contributed by atoms with van der Waals surface area (Å²) in [6.07, 6.45) is -4.27. The molecular formula is C12H11F3N2O4S. The van der Waals surface area contributed by atoms with Gasteiger partial charge in [-0.05, 0) is 18.6 Å². The van der Waals surface area contributed by atoms with Crippen LogP contribution in [-0.2, 0) is 17.0 Å². The van der Waals surface area contributed by atoms with Gasteiger partial charge in [-0.25, -0.2) is 0 Å². The minimum absolute atomic E-state index is 0.236. The first-order valence-corrected chi connectivity index (χ1v) is 7.69. The number of rotatable bonds is 3. The van der Waals surface area contributed by atoms with Gasteiger partial charge in [0.2, 0.25) is 0 Å². The van der Waals surface area contributed by atoms with Gasteiger partial charge in [0, 0.05) is 34.4 Å². The monoisotopic (exact) mass is 336 g/mol. The number of hydrogen-bond acceptors (Lipinski definition) is 4. The Balaban J connectivity index is 2.28. The van der Waals surface area contributed by atoms with Gasteiger partial charge in [0.15, 0.2) is 0 Å². The van der Waals surface area contributed by atoms with Crippen LogP contribution in [0.15, 0.2) is 18.2 Å². The van der Waals surface area contributed by atoms with E-state index >= 15 is 0 Å². The second-order valence-electron chi connectivity index (χ2n) is 4.76. The molecule has 1 aromatic rings. The van der Waals surface area contributed by atoms with E-state index in [9.17, 15) is 32.3 Å². The van der Waals surface area contributed by atoms with Crippen LogP contribution in [0, 0.1) is 10.1 Å². The van der Waals surface area contributed by atoms with Crippen LogP contribution in [-0.4, -0.2) is 32.6 Å². The molecule has 0 aliphatic carbocycles. The van der Waals surface area contributed by atoms with E-state index < -0.39 is 50.7 Å². The van der Waals surface area contributed by atoms with Crippen molar-refractivity contribution in [3.63, 3.8) is 0 Å². The van der Waals surface area contributed by atoms with Crippen molar-refractivity contribution in [2.45, 2.75) is 18.6 Å². The Hall–Kier alpha value is -1.97. The fraction of sp³-hybridized carbons (Fsp3) is 0.417. The quantitative estimate of drug-likeness (QED) is 0.674. The van der Waals surface area contributed by atoms with E-state index in [4.69, 9.17) is 0 Å². The zero-order chi connectivity index (χ0) is 16.5. The third-order valence-electron chi connectivity index (χ3n) is 3.18. The van der Waals surface area contributed by atoms with Crippen molar-refractivity contribution < 1.29 is 27.1 Å². The zero-order valence-corrected chi connectivity index (χ0v) is 11.9. The van der Waals surface area contributed by atoms with Crippen molar-refractivity contribution in [3.05, 3.63) is 39.4 Å². The largest absolute Gasteiger partial charge is 0.416 e. The fourth-order valence-electron chi connectivity index (χ4n) is 2.09. The van der Waals surface area contributed by atoms with Gasteiger partial charge in [0.05, 0.1) is 10.5 Å². The molecule has 6 nitrogen and oxygen atoms in total. The van der Waals surface area contributed by atoms with Crippen LogP contribution < -0.4 is 5.32 Å².